The number of nitrogens with zero attached hydrogens (tertiary/aromatic N) is 2. The first-order chi connectivity index (χ1) is 8.31. The first kappa shape index (κ1) is 12.4. The molecule has 0 radical (unpaired) electrons. The van der Waals surface area contributed by atoms with Crippen LogP contribution in [0.4, 0.5) is 0 Å². The summed E-state index contributed by atoms with van der Waals surface area (Å²) in [5.74, 6) is 0. The quantitative estimate of drug-likeness (QED) is 0.813. The molecule has 1 aromatic rings. The van der Waals surface area contributed by atoms with Crippen molar-refractivity contribution < 1.29 is 0 Å². The average Bonchev–Trinajstić information content (AvgIpc) is 2.68. The van der Waals surface area contributed by atoms with Crippen LogP contribution in [0.25, 0.3) is 0 Å². The van der Waals surface area contributed by atoms with Crippen molar-refractivity contribution in [1.82, 2.24) is 15.1 Å². The van der Waals surface area contributed by atoms with Crippen LogP contribution in [-0.2, 0) is 7.05 Å². The molecule has 1 unspecified atom stereocenters. The lowest BCUT2D eigenvalue weighted by Crippen LogP contribution is -2.18. The molecule has 1 atom stereocenters. The van der Waals surface area contributed by atoms with Crippen LogP contribution in [0.2, 0.25) is 0 Å². The molecule has 0 fully saturated rings. The molecule has 94 valence electrons. The van der Waals surface area contributed by atoms with E-state index in [1.54, 1.807) is 5.57 Å². The Bertz CT molecular complexity index is 379. The number of nitrogens with one attached hydrogen (secondary N) is 1. The smallest absolute Gasteiger partial charge is 0.0564 e. The topological polar surface area (TPSA) is 29.9 Å². The van der Waals surface area contributed by atoms with Gasteiger partial charge in [0, 0.05) is 18.8 Å². The molecule has 0 saturated heterocycles. The Morgan fingerprint density at radius 2 is 2.12 bits per heavy atom. The van der Waals surface area contributed by atoms with Crippen LogP contribution < -0.4 is 5.32 Å². The largest absolute Gasteiger partial charge is 0.310 e. The molecule has 1 heterocycles. The number of aromatic nitrogens is 2. The summed E-state index contributed by atoms with van der Waals surface area (Å²) in [6.45, 7) is 0. The molecular formula is C14H23N3. The number of likely N-dealkylation sites (N-methyl/N-ethyl adjacent to an activating group) is 1. The van der Waals surface area contributed by atoms with Gasteiger partial charge in [0.05, 0.1) is 12.2 Å². The van der Waals surface area contributed by atoms with E-state index in [2.05, 4.69) is 22.7 Å². The molecule has 0 spiro atoms. The summed E-state index contributed by atoms with van der Waals surface area (Å²) in [6, 6.07) is 0.349. The van der Waals surface area contributed by atoms with Crippen LogP contribution in [0.15, 0.2) is 24.0 Å². The lowest BCUT2D eigenvalue weighted by atomic mass is 9.92. The minimum Gasteiger partial charge on any atom is -0.310 e. The molecule has 0 saturated carbocycles. The van der Waals surface area contributed by atoms with E-state index in [0.29, 0.717) is 6.04 Å². The van der Waals surface area contributed by atoms with Gasteiger partial charge in [-0.3, -0.25) is 4.68 Å². The van der Waals surface area contributed by atoms with Crippen molar-refractivity contribution in [3.63, 3.8) is 0 Å². The summed E-state index contributed by atoms with van der Waals surface area (Å²) in [5.41, 5.74) is 2.82. The van der Waals surface area contributed by atoms with Crippen molar-refractivity contribution in [1.29, 1.82) is 0 Å². The number of aryl methyl sites for hydroxylation is 1. The monoisotopic (exact) mass is 233 g/mol. The lowest BCUT2D eigenvalue weighted by molar-refractivity contribution is 0.573. The van der Waals surface area contributed by atoms with Gasteiger partial charge in [0.1, 0.15) is 0 Å². The maximum atomic E-state index is 4.27. The maximum Gasteiger partial charge on any atom is 0.0564 e. The van der Waals surface area contributed by atoms with E-state index in [1.807, 2.05) is 25.0 Å². The van der Waals surface area contributed by atoms with E-state index < -0.39 is 0 Å². The number of hydrogen-bond acceptors (Lipinski definition) is 2. The Labute approximate surface area is 104 Å². The second-order valence-corrected chi connectivity index (χ2v) is 4.90. The third-order valence-corrected chi connectivity index (χ3v) is 3.54. The number of allylic oxidation sites excluding steroid dienone is 1. The van der Waals surface area contributed by atoms with Crippen LogP contribution in [0.5, 0.6) is 0 Å². The van der Waals surface area contributed by atoms with E-state index >= 15 is 0 Å². The minimum atomic E-state index is 0.349. The zero-order valence-corrected chi connectivity index (χ0v) is 10.9. The van der Waals surface area contributed by atoms with Gasteiger partial charge in [0.2, 0.25) is 0 Å². The van der Waals surface area contributed by atoms with Crippen LogP contribution in [-0.4, -0.2) is 16.8 Å². The minimum absolute atomic E-state index is 0.349. The number of hydrogen-bond donors (Lipinski definition) is 1. The van der Waals surface area contributed by atoms with Crippen molar-refractivity contribution in [2.45, 2.75) is 44.6 Å². The molecule has 2 rings (SSSR count). The van der Waals surface area contributed by atoms with Crippen molar-refractivity contribution in [3.05, 3.63) is 29.6 Å². The van der Waals surface area contributed by atoms with E-state index in [-0.39, 0.29) is 0 Å². The molecular weight excluding hydrogens is 210 g/mol. The molecule has 0 amide bonds. The molecule has 0 aromatic carbocycles. The predicted molar refractivity (Wildman–Crippen MR) is 70.8 cm³/mol. The Kier molecular flexibility index (Phi) is 4.37. The van der Waals surface area contributed by atoms with Gasteiger partial charge in [-0.15, -0.1) is 0 Å². The van der Waals surface area contributed by atoms with Crippen molar-refractivity contribution in [2.75, 3.05) is 7.05 Å². The maximum absolute atomic E-state index is 4.27. The van der Waals surface area contributed by atoms with E-state index in [9.17, 15) is 0 Å². The third-order valence-electron chi connectivity index (χ3n) is 3.54. The van der Waals surface area contributed by atoms with Gasteiger partial charge in [-0.05, 0) is 32.7 Å². The summed E-state index contributed by atoms with van der Waals surface area (Å²) in [6.07, 6.45) is 14.4. The van der Waals surface area contributed by atoms with E-state index in [1.165, 1.54) is 44.1 Å². The van der Waals surface area contributed by atoms with Crippen LogP contribution in [0, 0.1) is 0 Å². The summed E-state index contributed by atoms with van der Waals surface area (Å²) >= 11 is 0. The molecule has 17 heavy (non-hydrogen) atoms. The first-order valence-electron chi connectivity index (χ1n) is 6.66. The summed E-state index contributed by atoms with van der Waals surface area (Å²) < 4.78 is 1.88. The SMILES string of the molecule is CNC(C1=CCCCCCC1)c1cnn(C)c1. The van der Waals surface area contributed by atoms with E-state index in [4.69, 9.17) is 0 Å². The summed E-state index contributed by atoms with van der Waals surface area (Å²) in [5, 5.41) is 7.70. The number of rotatable bonds is 3. The molecule has 1 aliphatic carbocycles. The Hall–Kier alpha value is -1.09. The van der Waals surface area contributed by atoms with Gasteiger partial charge >= 0.3 is 0 Å². The molecule has 1 aliphatic rings. The fraction of sp³-hybridized carbons (Fsp3) is 0.643. The highest BCUT2D eigenvalue weighted by atomic mass is 15.2. The molecule has 1 N–H and O–H groups in total. The van der Waals surface area contributed by atoms with Gasteiger partial charge in [-0.2, -0.15) is 5.10 Å². The first-order valence-corrected chi connectivity index (χ1v) is 6.66. The Morgan fingerprint density at radius 1 is 1.29 bits per heavy atom. The zero-order valence-electron chi connectivity index (χ0n) is 10.9. The van der Waals surface area contributed by atoms with Crippen LogP contribution in [0.1, 0.15) is 50.1 Å². The normalized spacial score (nSPS) is 19.3. The Morgan fingerprint density at radius 3 is 2.82 bits per heavy atom. The predicted octanol–water partition coefficient (Wildman–Crippen LogP) is 2.96. The molecule has 3 heteroatoms. The summed E-state index contributed by atoms with van der Waals surface area (Å²) in [7, 11) is 4.01. The molecule has 0 aliphatic heterocycles. The highest BCUT2D eigenvalue weighted by Gasteiger charge is 2.16. The van der Waals surface area contributed by atoms with Crippen LogP contribution in [0.3, 0.4) is 0 Å². The fourth-order valence-electron chi connectivity index (χ4n) is 2.63. The van der Waals surface area contributed by atoms with E-state index in [0.717, 1.165) is 0 Å². The van der Waals surface area contributed by atoms with Crippen LogP contribution >= 0.6 is 0 Å². The highest BCUT2D eigenvalue weighted by molar-refractivity contribution is 5.24. The lowest BCUT2D eigenvalue weighted by Gasteiger charge is -2.20. The van der Waals surface area contributed by atoms with Gasteiger partial charge < -0.3 is 5.32 Å². The van der Waals surface area contributed by atoms with Gasteiger partial charge in [0.25, 0.3) is 0 Å². The fourth-order valence-corrected chi connectivity index (χ4v) is 2.63. The highest BCUT2D eigenvalue weighted by Crippen LogP contribution is 2.28. The Balaban J connectivity index is 2.16. The standard InChI is InChI=1S/C14H23N3/c1-15-14(13-10-16-17(2)11-13)12-8-6-4-3-5-7-9-12/h8,10-11,14-15H,3-7,9H2,1-2H3. The van der Waals surface area contributed by atoms with Gasteiger partial charge in [0.15, 0.2) is 0 Å². The molecule has 3 nitrogen and oxygen atoms in total. The van der Waals surface area contributed by atoms with Crippen molar-refractivity contribution in [3.8, 4) is 0 Å². The summed E-state index contributed by atoms with van der Waals surface area (Å²) in [4.78, 5) is 0. The van der Waals surface area contributed by atoms with Gasteiger partial charge in [-0.25, -0.2) is 0 Å². The second kappa shape index (κ2) is 6.01. The molecule has 0 bridgehead atoms. The molecule has 1 aromatic heterocycles. The third kappa shape index (κ3) is 3.19. The van der Waals surface area contributed by atoms with Crippen molar-refractivity contribution in [2.24, 2.45) is 7.05 Å². The second-order valence-electron chi connectivity index (χ2n) is 4.90. The van der Waals surface area contributed by atoms with Gasteiger partial charge in [-0.1, -0.05) is 24.5 Å². The average molecular weight is 233 g/mol. The van der Waals surface area contributed by atoms with Crippen molar-refractivity contribution >= 4 is 0 Å². The zero-order chi connectivity index (χ0) is 12.1.